The zero-order valence-corrected chi connectivity index (χ0v) is 10.2. The van der Waals surface area contributed by atoms with Gasteiger partial charge in [-0.05, 0) is 36.0 Å². The molecule has 4 nitrogen and oxygen atoms in total. The summed E-state index contributed by atoms with van der Waals surface area (Å²) in [6, 6.07) is 7.59. The summed E-state index contributed by atoms with van der Waals surface area (Å²) in [7, 11) is 1.62. The molecule has 94 valence electrons. The summed E-state index contributed by atoms with van der Waals surface area (Å²) in [4.78, 5) is 11.7. The van der Waals surface area contributed by atoms with Crippen LogP contribution in [0, 0.1) is 0 Å². The van der Waals surface area contributed by atoms with Crippen LogP contribution in [0.25, 0.3) is 0 Å². The van der Waals surface area contributed by atoms with Crippen molar-refractivity contribution < 1.29 is 9.53 Å². The number of rotatable bonds is 4. The molecule has 1 aliphatic rings. The Hall–Kier alpha value is -2.23. The Morgan fingerprint density at radius 1 is 1.33 bits per heavy atom. The molecule has 4 heteroatoms. The van der Waals surface area contributed by atoms with Crippen LogP contribution in [0.3, 0.4) is 0 Å². The number of nitrogens with two attached hydrogens (primary N) is 1. The van der Waals surface area contributed by atoms with Gasteiger partial charge in [0.25, 0.3) is 0 Å². The Labute approximate surface area is 106 Å². The van der Waals surface area contributed by atoms with Gasteiger partial charge in [-0.1, -0.05) is 18.2 Å². The second-order valence-electron chi connectivity index (χ2n) is 4.22. The van der Waals surface area contributed by atoms with E-state index in [2.05, 4.69) is 5.32 Å². The Balaban J connectivity index is 2.21. The molecule has 3 N–H and O–H groups in total. The monoisotopic (exact) mass is 244 g/mol. The zero-order chi connectivity index (χ0) is 13.0. The number of amides is 1. The van der Waals surface area contributed by atoms with Crippen LogP contribution in [0.2, 0.25) is 0 Å². The molecule has 1 atom stereocenters. The minimum atomic E-state index is -0.844. The molecule has 0 aromatic heterocycles. The number of primary amides is 1. The quantitative estimate of drug-likeness (QED) is 0.834. The van der Waals surface area contributed by atoms with Gasteiger partial charge in [0, 0.05) is 6.42 Å². The smallest absolute Gasteiger partial charge is 0.247 e. The maximum Gasteiger partial charge on any atom is 0.247 e. The van der Waals surface area contributed by atoms with Gasteiger partial charge in [-0.15, -0.1) is 0 Å². The van der Waals surface area contributed by atoms with Gasteiger partial charge >= 0.3 is 0 Å². The third-order valence-electron chi connectivity index (χ3n) is 3.01. The summed E-state index contributed by atoms with van der Waals surface area (Å²) in [5.41, 5.74) is 5.67. The maximum atomic E-state index is 11.7. The number of hydrogen-bond donors (Lipinski definition) is 2. The Morgan fingerprint density at radius 3 is 2.56 bits per heavy atom. The van der Waals surface area contributed by atoms with Crippen LogP contribution < -0.4 is 15.8 Å². The van der Waals surface area contributed by atoms with Crippen molar-refractivity contribution >= 4 is 5.91 Å². The zero-order valence-electron chi connectivity index (χ0n) is 10.2. The van der Waals surface area contributed by atoms with E-state index >= 15 is 0 Å². The molecule has 2 rings (SSSR count). The van der Waals surface area contributed by atoms with Crippen LogP contribution in [0.1, 0.15) is 5.56 Å². The molecular formula is C14H16N2O2. The number of dihydropyridines is 1. The van der Waals surface area contributed by atoms with E-state index in [0.29, 0.717) is 6.42 Å². The Morgan fingerprint density at radius 2 is 2.06 bits per heavy atom. The number of ether oxygens (including phenoxy) is 1. The van der Waals surface area contributed by atoms with Crippen molar-refractivity contribution in [2.75, 3.05) is 7.11 Å². The summed E-state index contributed by atoms with van der Waals surface area (Å²) >= 11 is 0. The molecule has 1 unspecified atom stereocenters. The summed E-state index contributed by atoms with van der Waals surface area (Å²) < 4.78 is 5.10. The van der Waals surface area contributed by atoms with Gasteiger partial charge < -0.3 is 15.8 Å². The number of nitrogens with one attached hydrogen (secondary N) is 1. The predicted octanol–water partition coefficient (Wildman–Crippen LogP) is 1.13. The highest BCUT2D eigenvalue weighted by molar-refractivity contribution is 5.88. The predicted molar refractivity (Wildman–Crippen MR) is 70.0 cm³/mol. The van der Waals surface area contributed by atoms with Crippen LogP contribution in [0.4, 0.5) is 0 Å². The first-order valence-electron chi connectivity index (χ1n) is 5.71. The number of benzene rings is 1. The average molecular weight is 244 g/mol. The summed E-state index contributed by atoms with van der Waals surface area (Å²) in [6.45, 7) is 0. The molecule has 1 amide bonds. The topological polar surface area (TPSA) is 64.3 Å². The third kappa shape index (κ3) is 2.37. The van der Waals surface area contributed by atoms with Gasteiger partial charge in [-0.2, -0.15) is 0 Å². The molecule has 0 fully saturated rings. The SMILES string of the molecule is COc1ccc(CC2(C(N)=O)C=CC=CN2)cc1. The fourth-order valence-electron chi connectivity index (χ4n) is 1.94. The van der Waals surface area contributed by atoms with Crippen molar-refractivity contribution in [1.29, 1.82) is 0 Å². The first-order chi connectivity index (χ1) is 8.66. The first-order valence-corrected chi connectivity index (χ1v) is 5.71. The molecule has 0 radical (unpaired) electrons. The Bertz CT molecular complexity index is 491. The molecule has 1 aliphatic heterocycles. The molecule has 1 aromatic rings. The summed E-state index contributed by atoms with van der Waals surface area (Å²) in [6.07, 6.45) is 7.68. The molecule has 0 spiro atoms. The molecule has 0 aliphatic carbocycles. The van der Waals surface area contributed by atoms with Gasteiger partial charge in [-0.25, -0.2) is 0 Å². The van der Waals surface area contributed by atoms with Crippen molar-refractivity contribution in [3.8, 4) is 5.75 Å². The fraction of sp³-hybridized carbons (Fsp3) is 0.214. The first kappa shape index (κ1) is 12.2. The molecule has 1 heterocycles. The van der Waals surface area contributed by atoms with E-state index in [4.69, 9.17) is 10.5 Å². The van der Waals surface area contributed by atoms with Crippen LogP contribution >= 0.6 is 0 Å². The molecule has 1 aromatic carbocycles. The lowest BCUT2D eigenvalue weighted by Crippen LogP contribution is -2.54. The highest BCUT2D eigenvalue weighted by atomic mass is 16.5. The Kier molecular flexibility index (Phi) is 3.37. The number of allylic oxidation sites excluding steroid dienone is 2. The van der Waals surface area contributed by atoms with E-state index in [1.165, 1.54) is 0 Å². The largest absolute Gasteiger partial charge is 0.497 e. The lowest BCUT2D eigenvalue weighted by molar-refractivity contribution is -0.122. The van der Waals surface area contributed by atoms with Crippen molar-refractivity contribution in [3.05, 3.63) is 54.3 Å². The highest BCUT2D eigenvalue weighted by Gasteiger charge is 2.33. The average Bonchev–Trinajstić information content (AvgIpc) is 2.40. The normalized spacial score (nSPS) is 21.4. The lowest BCUT2D eigenvalue weighted by atomic mass is 9.88. The number of carbonyl (C=O) groups excluding carboxylic acids is 1. The van der Waals surface area contributed by atoms with E-state index in [-0.39, 0.29) is 5.91 Å². The number of carbonyl (C=O) groups is 1. The molecule has 18 heavy (non-hydrogen) atoms. The van der Waals surface area contributed by atoms with E-state index in [1.807, 2.05) is 36.4 Å². The van der Waals surface area contributed by atoms with Crippen LogP contribution in [0.5, 0.6) is 5.75 Å². The second-order valence-corrected chi connectivity index (χ2v) is 4.22. The number of hydrogen-bond acceptors (Lipinski definition) is 3. The van der Waals surface area contributed by atoms with E-state index in [1.54, 1.807) is 19.4 Å². The van der Waals surface area contributed by atoms with Crippen LogP contribution in [0.15, 0.2) is 48.7 Å². The molecular weight excluding hydrogens is 228 g/mol. The molecule has 0 saturated carbocycles. The second kappa shape index (κ2) is 4.96. The molecule has 0 bridgehead atoms. The minimum Gasteiger partial charge on any atom is -0.497 e. The van der Waals surface area contributed by atoms with E-state index in [0.717, 1.165) is 11.3 Å². The van der Waals surface area contributed by atoms with Gasteiger partial charge in [0.05, 0.1) is 7.11 Å². The van der Waals surface area contributed by atoms with Gasteiger partial charge in [0.1, 0.15) is 11.3 Å². The van der Waals surface area contributed by atoms with Crippen molar-refractivity contribution in [3.63, 3.8) is 0 Å². The summed E-state index contributed by atoms with van der Waals surface area (Å²) in [5.74, 6) is 0.401. The van der Waals surface area contributed by atoms with Gasteiger partial charge in [-0.3, -0.25) is 4.79 Å². The van der Waals surface area contributed by atoms with Gasteiger partial charge in [0.2, 0.25) is 5.91 Å². The van der Waals surface area contributed by atoms with Crippen molar-refractivity contribution in [2.24, 2.45) is 5.73 Å². The third-order valence-corrected chi connectivity index (χ3v) is 3.01. The standard InChI is InChI=1S/C14H16N2O2/c1-18-12-6-4-11(5-7-12)10-14(13(15)17)8-2-3-9-16-14/h2-9,16H,10H2,1H3,(H2,15,17). The molecule has 0 saturated heterocycles. The fourth-order valence-corrected chi connectivity index (χ4v) is 1.94. The van der Waals surface area contributed by atoms with Crippen molar-refractivity contribution in [1.82, 2.24) is 5.32 Å². The van der Waals surface area contributed by atoms with E-state index in [9.17, 15) is 4.79 Å². The van der Waals surface area contributed by atoms with Crippen LogP contribution in [-0.4, -0.2) is 18.6 Å². The van der Waals surface area contributed by atoms with Crippen LogP contribution in [-0.2, 0) is 11.2 Å². The van der Waals surface area contributed by atoms with E-state index < -0.39 is 5.54 Å². The highest BCUT2D eigenvalue weighted by Crippen LogP contribution is 2.20. The maximum absolute atomic E-state index is 11.7. The minimum absolute atomic E-state index is 0.390. The number of methoxy groups -OCH3 is 1. The van der Waals surface area contributed by atoms with Crippen molar-refractivity contribution in [2.45, 2.75) is 12.0 Å². The van der Waals surface area contributed by atoms with Gasteiger partial charge in [0.15, 0.2) is 0 Å². The lowest BCUT2D eigenvalue weighted by Gasteiger charge is -2.29. The summed E-state index contributed by atoms with van der Waals surface area (Å²) in [5, 5.41) is 3.04.